The smallest absolute Gasteiger partial charge is 0.215 e. The Kier molecular flexibility index (Phi) is 184. The van der Waals surface area contributed by atoms with E-state index in [1.165, 1.54) is 7.05 Å². The fourth-order valence-corrected chi connectivity index (χ4v) is 0.0248. The van der Waals surface area contributed by atoms with Gasteiger partial charge in [-0.3, -0.25) is 14.5 Å². The number of imide groups is 1. The normalized spacial score (nSPS) is 3.15. The molecule has 0 aliphatic heterocycles. The topological polar surface area (TPSA) is 37.4 Å². The Labute approximate surface area is 178 Å². The molecular formula is C3H5NO2W7. The van der Waals surface area contributed by atoms with Crippen molar-refractivity contribution in [3.63, 3.8) is 0 Å². The Morgan fingerprint density at radius 2 is 0.846 bits per heavy atom. The van der Waals surface area contributed by atoms with E-state index in [4.69, 9.17) is 0 Å². The first-order valence-electron chi connectivity index (χ1n) is 1.44. The zero-order valence-corrected chi connectivity index (χ0v) is 26.8. The van der Waals surface area contributed by atoms with E-state index in [1.807, 2.05) is 0 Å². The molecule has 0 unspecified atom stereocenters. The summed E-state index contributed by atoms with van der Waals surface area (Å²) in [6.45, 7) is 0. The van der Waals surface area contributed by atoms with Crippen molar-refractivity contribution in [1.29, 1.82) is 0 Å². The molecule has 0 N–H and O–H groups in total. The summed E-state index contributed by atoms with van der Waals surface area (Å²) in [5.41, 5.74) is 0. The predicted molar refractivity (Wildman–Crippen MR) is 19.9 cm³/mol. The minimum absolute atomic E-state index is 0. The van der Waals surface area contributed by atoms with Crippen molar-refractivity contribution >= 4 is 12.8 Å². The van der Waals surface area contributed by atoms with Crippen LogP contribution in [0.2, 0.25) is 0 Å². The first kappa shape index (κ1) is 53.8. The summed E-state index contributed by atoms with van der Waals surface area (Å²) in [7, 11) is 1.38. The number of carbonyl (C=O) groups excluding carboxylic acids is 2. The van der Waals surface area contributed by atoms with Crippen molar-refractivity contribution in [1.82, 2.24) is 4.90 Å². The SMILES string of the molecule is CN(C=O)C=O.[W].[W].[W].[W].[W].[W].[W]. The molecular weight excluding hydrogens is 1370 g/mol. The van der Waals surface area contributed by atoms with E-state index in [0.717, 1.165) is 4.90 Å². The molecule has 0 rings (SSSR count). The van der Waals surface area contributed by atoms with Crippen LogP contribution in [0, 0.1) is 0 Å². The van der Waals surface area contributed by atoms with Gasteiger partial charge in [-0.05, 0) is 0 Å². The second-order valence-electron chi connectivity index (χ2n) is 0.876. The zero-order chi connectivity index (χ0) is 4.99. The molecule has 0 fully saturated rings. The molecule has 10 heteroatoms. The third-order valence-corrected chi connectivity index (χ3v) is 0.333. The molecule has 76 valence electrons. The Morgan fingerprint density at radius 3 is 0.846 bits per heavy atom. The van der Waals surface area contributed by atoms with Gasteiger partial charge < -0.3 is 0 Å². The van der Waals surface area contributed by atoms with Crippen molar-refractivity contribution in [3.05, 3.63) is 0 Å². The van der Waals surface area contributed by atoms with E-state index in [1.54, 1.807) is 0 Å². The Balaban J connectivity index is -0.00000000595. The van der Waals surface area contributed by atoms with Crippen LogP contribution in [0.3, 0.4) is 0 Å². The Morgan fingerprint density at radius 1 is 0.692 bits per heavy atom. The van der Waals surface area contributed by atoms with E-state index in [9.17, 15) is 9.59 Å². The van der Waals surface area contributed by atoms with Gasteiger partial charge in [0.25, 0.3) is 0 Å². The number of amides is 2. The maximum atomic E-state index is 9.43. The van der Waals surface area contributed by atoms with Crippen LogP contribution >= 0.6 is 0 Å². The predicted octanol–water partition coefficient (Wildman–Crippen LogP) is -0.786. The van der Waals surface area contributed by atoms with Gasteiger partial charge in [0, 0.05) is 155 Å². The summed E-state index contributed by atoms with van der Waals surface area (Å²) in [5, 5.41) is 0. The summed E-state index contributed by atoms with van der Waals surface area (Å²) < 4.78 is 0. The molecule has 0 aliphatic carbocycles. The van der Waals surface area contributed by atoms with Crippen LogP contribution in [0.1, 0.15) is 0 Å². The van der Waals surface area contributed by atoms with Crippen LogP contribution in [-0.2, 0) is 157 Å². The van der Waals surface area contributed by atoms with E-state index >= 15 is 0 Å². The van der Waals surface area contributed by atoms with E-state index in [2.05, 4.69) is 0 Å². The maximum Gasteiger partial charge on any atom is 0.215 e. The van der Waals surface area contributed by atoms with E-state index in [0.29, 0.717) is 12.8 Å². The van der Waals surface area contributed by atoms with Gasteiger partial charge in [0.05, 0.1) is 0 Å². The summed E-state index contributed by atoms with van der Waals surface area (Å²) >= 11 is 0. The number of nitrogens with zero attached hydrogens (tertiary/aromatic N) is 1. The summed E-state index contributed by atoms with van der Waals surface area (Å²) in [5.74, 6) is 0. The molecule has 0 aromatic carbocycles. The number of carbonyl (C=O) groups is 2. The molecule has 0 radical (unpaired) electrons. The van der Waals surface area contributed by atoms with Gasteiger partial charge in [0.15, 0.2) is 0 Å². The monoisotopic (exact) mass is 1370 g/mol. The molecule has 0 spiro atoms. The molecule has 0 aromatic heterocycles. The van der Waals surface area contributed by atoms with Crippen molar-refractivity contribution in [2.45, 2.75) is 0 Å². The first-order chi connectivity index (χ1) is 2.81. The third-order valence-electron chi connectivity index (χ3n) is 0.333. The van der Waals surface area contributed by atoms with Gasteiger partial charge in [-0.2, -0.15) is 0 Å². The zero-order valence-electron chi connectivity index (χ0n) is 6.28. The van der Waals surface area contributed by atoms with E-state index < -0.39 is 0 Å². The second kappa shape index (κ2) is 44.5. The van der Waals surface area contributed by atoms with Crippen LogP contribution in [0.15, 0.2) is 0 Å². The standard InChI is InChI=1S/C3H5NO2.7W/c1-4(2-5)3-6;;;;;;;/h2-3H,1H3;;;;;;;. The molecule has 0 heterocycles. The molecule has 2 amide bonds. The van der Waals surface area contributed by atoms with Crippen molar-refractivity contribution in [2.24, 2.45) is 0 Å². The summed E-state index contributed by atoms with van der Waals surface area (Å²) in [6.07, 6.45) is 0.875. The number of hydrogen-bond donors (Lipinski definition) is 0. The fraction of sp³-hybridized carbons (Fsp3) is 0.333. The molecule has 0 aliphatic rings. The maximum absolute atomic E-state index is 9.43. The molecule has 3 nitrogen and oxygen atoms in total. The summed E-state index contributed by atoms with van der Waals surface area (Å²) in [6, 6.07) is 0. The molecule has 0 saturated carbocycles. The van der Waals surface area contributed by atoms with Gasteiger partial charge in [0.1, 0.15) is 0 Å². The van der Waals surface area contributed by atoms with Crippen LogP contribution in [0.25, 0.3) is 0 Å². The second-order valence-corrected chi connectivity index (χ2v) is 0.876. The first-order valence-corrected chi connectivity index (χ1v) is 1.44. The number of hydrogen-bond acceptors (Lipinski definition) is 2. The van der Waals surface area contributed by atoms with Gasteiger partial charge in [-0.25, -0.2) is 0 Å². The van der Waals surface area contributed by atoms with Crippen LogP contribution in [0.5, 0.6) is 0 Å². The van der Waals surface area contributed by atoms with Crippen LogP contribution in [0.4, 0.5) is 0 Å². The van der Waals surface area contributed by atoms with Gasteiger partial charge in [-0.15, -0.1) is 0 Å². The summed E-state index contributed by atoms with van der Waals surface area (Å²) in [4.78, 5) is 19.8. The average Bonchev–Trinajstić information content (AvgIpc) is 1.65. The average molecular weight is 1370 g/mol. The fourth-order valence-electron chi connectivity index (χ4n) is 0.0248. The van der Waals surface area contributed by atoms with E-state index in [-0.39, 0.29) is 147 Å². The van der Waals surface area contributed by atoms with Gasteiger partial charge in [0.2, 0.25) is 12.8 Å². The molecule has 0 atom stereocenters. The van der Waals surface area contributed by atoms with Gasteiger partial charge in [-0.1, -0.05) is 0 Å². The molecule has 13 heavy (non-hydrogen) atoms. The van der Waals surface area contributed by atoms with Crippen LogP contribution < -0.4 is 0 Å². The number of rotatable bonds is 2. The quantitative estimate of drug-likeness (QED) is 0.341. The Bertz CT molecular complexity index is 66.8. The largest absolute Gasteiger partial charge is 0.291 e. The minimum Gasteiger partial charge on any atom is -0.291 e. The van der Waals surface area contributed by atoms with Gasteiger partial charge >= 0.3 is 0 Å². The van der Waals surface area contributed by atoms with Crippen molar-refractivity contribution in [2.75, 3.05) is 7.05 Å². The molecule has 0 aromatic rings. The Hall–Kier alpha value is 3.96. The van der Waals surface area contributed by atoms with Crippen molar-refractivity contribution < 1.29 is 157 Å². The molecule has 0 saturated heterocycles. The molecule has 0 bridgehead atoms. The minimum atomic E-state index is 0. The van der Waals surface area contributed by atoms with Crippen LogP contribution in [-0.4, -0.2) is 24.8 Å². The third kappa shape index (κ3) is 49.1. The van der Waals surface area contributed by atoms with Crippen molar-refractivity contribution in [3.8, 4) is 0 Å².